The van der Waals surface area contributed by atoms with Crippen LogP contribution in [0.4, 0.5) is 0 Å². The lowest BCUT2D eigenvalue weighted by Crippen LogP contribution is -2.37. The second-order valence-corrected chi connectivity index (χ2v) is 9.52. The molecule has 0 unspecified atom stereocenters. The van der Waals surface area contributed by atoms with Crippen molar-refractivity contribution in [3.63, 3.8) is 0 Å². The summed E-state index contributed by atoms with van der Waals surface area (Å²) in [6.45, 7) is 0.405. The van der Waals surface area contributed by atoms with Gasteiger partial charge in [-0.1, -0.05) is 85.1 Å². The van der Waals surface area contributed by atoms with E-state index in [9.17, 15) is 14.8 Å². The molecule has 1 aliphatic heterocycles. The molecule has 3 heterocycles. The van der Waals surface area contributed by atoms with Gasteiger partial charge in [-0.05, 0) is 12.8 Å². The molecule has 1 aliphatic carbocycles. The largest absolute Gasteiger partial charge is 0.411 e. The van der Waals surface area contributed by atoms with Gasteiger partial charge in [-0.25, -0.2) is 0 Å². The Morgan fingerprint density at radius 1 is 0.972 bits per heavy atom. The van der Waals surface area contributed by atoms with E-state index >= 15 is 0 Å². The number of hydrogen-bond donors (Lipinski definition) is 1. The number of carbonyl (C=O) groups excluding carboxylic acids is 1. The maximum Gasteiger partial charge on any atom is 0.280 e. The number of rotatable bonds is 5. The third kappa shape index (κ3) is 3.69. The Balaban J connectivity index is 1.53. The van der Waals surface area contributed by atoms with Gasteiger partial charge in [-0.15, -0.1) is 0 Å². The van der Waals surface area contributed by atoms with E-state index in [0.717, 1.165) is 36.8 Å². The molecule has 2 aromatic carbocycles. The summed E-state index contributed by atoms with van der Waals surface area (Å²) in [5.41, 5.74) is 3.70. The number of hydrogen-bond acceptors (Lipinski definition) is 5. The van der Waals surface area contributed by atoms with Crippen molar-refractivity contribution in [2.24, 2.45) is 5.16 Å². The summed E-state index contributed by atoms with van der Waals surface area (Å²) in [6, 6.07) is 20.9. The lowest BCUT2D eigenvalue weighted by molar-refractivity contribution is 0.0653. The van der Waals surface area contributed by atoms with Crippen molar-refractivity contribution < 1.29 is 10.0 Å². The molecule has 8 nitrogen and oxygen atoms in total. The first-order valence-electron chi connectivity index (χ1n) is 12.4. The van der Waals surface area contributed by atoms with Crippen LogP contribution in [0.3, 0.4) is 0 Å². The predicted molar refractivity (Wildman–Crippen MR) is 136 cm³/mol. The van der Waals surface area contributed by atoms with Crippen LogP contribution in [0.25, 0.3) is 16.9 Å². The van der Waals surface area contributed by atoms with Crippen molar-refractivity contribution in [3.8, 4) is 11.3 Å². The summed E-state index contributed by atoms with van der Waals surface area (Å²) in [5.74, 6) is -0.135. The topological polar surface area (TPSA) is 92.2 Å². The summed E-state index contributed by atoms with van der Waals surface area (Å²) < 4.78 is 3.18. The molecule has 1 N–H and O–H groups in total. The maximum atomic E-state index is 13.8. The van der Waals surface area contributed by atoms with Crippen molar-refractivity contribution in [3.05, 3.63) is 93.9 Å². The van der Waals surface area contributed by atoms with Crippen molar-refractivity contribution in [1.82, 2.24) is 19.1 Å². The predicted octanol–water partition coefficient (Wildman–Crippen LogP) is 4.33. The highest BCUT2D eigenvalue weighted by atomic mass is 16.4. The number of amides is 1. The van der Waals surface area contributed by atoms with Crippen molar-refractivity contribution in [1.29, 1.82) is 0 Å². The molecule has 0 atom stereocenters. The Morgan fingerprint density at radius 3 is 2.36 bits per heavy atom. The molecule has 1 fully saturated rings. The van der Waals surface area contributed by atoms with E-state index in [-0.39, 0.29) is 30.6 Å². The fourth-order valence-corrected chi connectivity index (χ4v) is 5.54. The minimum Gasteiger partial charge on any atom is -0.411 e. The monoisotopic (exact) mass is 481 g/mol. The molecule has 0 saturated heterocycles. The zero-order valence-corrected chi connectivity index (χ0v) is 19.9. The van der Waals surface area contributed by atoms with Crippen LogP contribution >= 0.6 is 0 Å². The first-order chi connectivity index (χ1) is 17.7. The third-order valence-corrected chi connectivity index (χ3v) is 7.39. The van der Waals surface area contributed by atoms with Gasteiger partial charge in [0.25, 0.3) is 11.5 Å². The minimum atomic E-state index is -0.271. The van der Waals surface area contributed by atoms with Crippen LogP contribution in [-0.2, 0) is 13.1 Å². The van der Waals surface area contributed by atoms with E-state index in [1.807, 2.05) is 71.6 Å². The van der Waals surface area contributed by atoms with E-state index in [2.05, 4.69) is 10.3 Å². The third-order valence-electron chi connectivity index (χ3n) is 7.39. The van der Waals surface area contributed by atoms with Crippen LogP contribution in [0.5, 0.6) is 0 Å². The molecule has 182 valence electrons. The van der Waals surface area contributed by atoms with Crippen molar-refractivity contribution in [2.75, 3.05) is 0 Å². The second kappa shape index (κ2) is 9.11. The Labute approximate surface area is 208 Å². The molecule has 2 aliphatic rings. The lowest BCUT2D eigenvalue weighted by Gasteiger charge is -2.30. The molecule has 6 rings (SSSR count). The smallest absolute Gasteiger partial charge is 0.280 e. The fraction of sp³-hybridized carbons (Fsp3) is 0.286. The quantitative estimate of drug-likeness (QED) is 0.261. The van der Waals surface area contributed by atoms with E-state index in [1.54, 1.807) is 4.57 Å². The standard InChI is InChI=1S/C28H27N5O3/c34-27-22-17-31(21-14-8-3-9-15-21)28(35)26(22)32(18-24(30-36)20-12-6-2-7-13-20)25-16-23(29-33(25)27)19-10-4-1-5-11-19/h1-2,4-7,10-13,16,21,36H,3,8-9,14-15,17-18H2. The molecule has 1 saturated carbocycles. The Kier molecular flexibility index (Phi) is 5.64. The van der Waals surface area contributed by atoms with Crippen LogP contribution in [-0.4, -0.2) is 41.9 Å². The van der Waals surface area contributed by atoms with Gasteiger partial charge in [0.2, 0.25) is 0 Å². The normalized spacial score (nSPS) is 16.6. The fourth-order valence-electron chi connectivity index (χ4n) is 5.54. The highest BCUT2D eigenvalue weighted by Crippen LogP contribution is 2.31. The number of aromatic nitrogens is 3. The van der Waals surface area contributed by atoms with Crippen LogP contribution in [0.1, 0.15) is 53.7 Å². The molecule has 36 heavy (non-hydrogen) atoms. The van der Waals surface area contributed by atoms with Gasteiger partial charge in [0.05, 0.1) is 24.3 Å². The molecule has 1 amide bonds. The summed E-state index contributed by atoms with van der Waals surface area (Å²) in [4.78, 5) is 29.3. The van der Waals surface area contributed by atoms with Gasteiger partial charge < -0.3 is 14.7 Å². The number of fused-ring (bicyclic) bond motifs is 2. The van der Waals surface area contributed by atoms with Gasteiger partial charge in [0.15, 0.2) is 0 Å². The van der Waals surface area contributed by atoms with Gasteiger partial charge in [0, 0.05) is 23.2 Å². The van der Waals surface area contributed by atoms with Crippen molar-refractivity contribution >= 4 is 17.3 Å². The highest BCUT2D eigenvalue weighted by Gasteiger charge is 2.38. The molecular formula is C28H27N5O3. The van der Waals surface area contributed by atoms with Crippen LogP contribution in [0, 0.1) is 0 Å². The van der Waals surface area contributed by atoms with E-state index in [0.29, 0.717) is 28.3 Å². The van der Waals surface area contributed by atoms with E-state index < -0.39 is 0 Å². The SMILES string of the molecule is O=C1c2c(c(=O)n3nc(-c4ccccc4)cc3n2CC(=NO)c2ccccc2)CN1C1CCCCC1. The first kappa shape index (κ1) is 22.3. The summed E-state index contributed by atoms with van der Waals surface area (Å²) in [6.07, 6.45) is 5.27. The average Bonchev–Trinajstić information content (AvgIpc) is 3.53. The average molecular weight is 482 g/mol. The Bertz CT molecular complexity index is 1520. The number of oxime groups is 1. The first-order valence-corrected chi connectivity index (χ1v) is 12.4. The molecule has 8 heteroatoms. The van der Waals surface area contributed by atoms with Gasteiger partial charge in [-0.2, -0.15) is 9.61 Å². The second-order valence-electron chi connectivity index (χ2n) is 9.52. The zero-order chi connectivity index (χ0) is 24.6. The van der Waals surface area contributed by atoms with E-state index in [1.165, 1.54) is 10.9 Å². The number of benzene rings is 2. The molecule has 0 spiro atoms. The highest BCUT2D eigenvalue weighted by molar-refractivity contribution is 6.02. The van der Waals surface area contributed by atoms with Crippen molar-refractivity contribution in [2.45, 2.75) is 51.2 Å². The molecule has 4 aromatic rings. The number of nitrogens with zero attached hydrogens (tertiary/aromatic N) is 5. The van der Waals surface area contributed by atoms with Gasteiger partial charge in [-0.3, -0.25) is 9.59 Å². The minimum absolute atomic E-state index is 0.122. The maximum absolute atomic E-state index is 13.8. The molecule has 0 radical (unpaired) electrons. The number of carbonyl (C=O) groups is 1. The van der Waals surface area contributed by atoms with Crippen LogP contribution in [0.2, 0.25) is 0 Å². The molecular weight excluding hydrogens is 454 g/mol. The summed E-state index contributed by atoms with van der Waals surface area (Å²) in [7, 11) is 0. The van der Waals surface area contributed by atoms with Crippen LogP contribution in [0.15, 0.2) is 76.7 Å². The van der Waals surface area contributed by atoms with Gasteiger partial charge in [0.1, 0.15) is 17.1 Å². The molecule has 0 bridgehead atoms. The van der Waals surface area contributed by atoms with E-state index in [4.69, 9.17) is 0 Å². The van der Waals surface area contributed by atoms with Gasteiger partial charge >= 0.3 is 0 Å². The molecule has 2 aromatic heterocycles. The lowest BCUT2D eigenvalue weighted by atomic mass is 9.94. The Morgan fingerprint density at radius 2 is 1.67 bits per heavy atom. The Hall–Kier alpha value is -4.20. The van der Waals surface area contributed by atoms with Crippen LogP contribution < -0.4 is 5.56 Å². The summed E-state index contributed by atoms with van der Waals surface area (Å²) in [5, 5.41) is 18.1. The zero-order valence-electron chi connectivity index (χ0n) is 19.9. The summed E-state index contributed by atoms with van der Waals surface area (Å²) >= 11 is 0.